The largest absolute Gasteiger partial charge is 0.496 e. The van der Waals surface area contributed by atoms with E-state index in [0.717, 1.165) is 16.9 Å². The Morgan fingerprint density at radius 3 is 2.19 bits per heavy atom. The fraction of sp³-hybridized carbons (Fsp3) is 0.333. The molecule has 144 valence electrons. The Hall–Kier alpha value is -3.02. The van der Waals surface area contributed by atoms with E-state index in [1.807, 2.05) is 32.9 Å². The Bertz CT molecular complexity index is 858. The van der Waals surface area contributed by atoms with Crippen molar-refractivity contribution in [3.63, 3.8) is 0 Å². The molecule has 2 aromatic carbocycles. The van der Waals surface area contributed by atoms with Crippen LogP contribution in [0.25, 0.3) is 0 Å². The highest BCUT2D eigenvalue weighted by Crippen LogP contribution is 2.31. The lowest BCUT2D eigenvalue weighted by Crippen LogP contribution is -2.15. The van der Waals surface area contributed by atoms with Crippen molar-refractivity contribution in [1.29, 1.82) is 0 Å². The molecule has 1 amide bonds. The van der Waals surface area contributed by atoms with Gasteiger partial charge in [-0.2, -0.15) is 0 Å². The Kier molecular flexibility index (Phi) is 6.45. The van der Waals surface area contributed by atoms with Crippen LogP contribution in [0.1, 0.15) is 51.6 Å². The Balaban J connectivity index is 2.42. The third kappa shape index (κ3) is 4.39. The van der Waals surface area contributed by atoms with Gasteiger partial charge in [-0.05, 0) is 54.3 Å². The minimum Gasteiger partial charge on any atom is -0.496 e. The van der Waals surface area contributed by atoms with Gasteiger partial charge in [-0.15, -0.1) is 0 Å². The predicted molar refractivity (Wildman–Crippen MR) is 104 cm³/mol. The van der Waals surface area contributed by atoms with Gasteiger partial charge in [0.2, 0.25) is 0 Å². The van der Waals surface area contributed by atoms with Crippen LogP contribution in [0.5, 0.6) is 11.5 Å². The van der Waals surface area contributed by atoms with Crippen molar-refractivity contribution in [3.05, 3.63) is 52.6 Å². The molecule has 0 aliphatic rings. The smallest absolute Gasteiger partial charge is 0.337 e. The summed E-state index contributed by atoms with van der Waals surface area (Å²) in [7, 11) is 4.42. The van der Waals surface area contributed by atoms with Crippen LogP contribution in [0.2, 0.25) is 0 Å². The Labute approximate surface area is 159 Å². The first kappa shape index (κ1) is 20.3. The highest BCUT2D eigenvalue weighted by atomic mass is 16.5. The highest BCUT2D eigenvalue weighted by molar-refractivity contribution is 6.07. The van der Waals surface area contributed by atoms with Crippen molar-refractivity contribution in [1.82, 2.24) is 0 Å². The molecule has 0 fully saturated rings. The molecule has 0 atom stereocenters. The average Bonchev–Trinajstić information content (AvgIpc) is 2.66. The van der Waals surface area contributed by atoms with E-state index in [1.165, 1.54) is 20.3 Å². The number of hydrogen-bond donors (Lipinski definition) is 1. The Morgan fingerprint density at radius 1 is 0.963 bits per heavy atom. The molecule has 0 aliphatic carbocycles. The molecule has 0 unspecified atom stereocenters. The first-order chi connectivity index (χ1) is 12.8. The van der Waals surface area contributed by atoms with Gasteiger partial charge in [0, 0.05) is 5.56 Å². The van der Waals surface area contributed by atoms with Gasteiger partial charge in [0.15, 0.2) is 0 Å². The number of esters is 1. The average molecular weight is 371 g/mol. The molecule has 6 heteroatoms. The van der Waals surface area contributed by atoms with Crippen LogP contribution in [-0.2, 0) is 4.74 Å². The summed E-state index contributed by atoms with van der Waals surface area (Å²) in [6, 6.07) is 8.42. The molecule has 0 saturated heterocycles. The lowest BCUT2D eigenvalue weighted by Gasteiger charge is -2.17. The zero-order chi connectivity index (χ0) is 20.1. The van der Waals surface area contributed by atoms with E-state index in [4.69, 9.17) is 14.2 Å². The number of nitrogens with one attached hydrogen (secondary N) is 1. The molecule has 6 nitrogen and oxygen atoms in total. The lowest BCUT2D eigenvalue weighted by atomic mass is 9.96. The normalized spacial score (nSPS) is 10.5. The van der Waals surface area contributed by atoms with Crippen LogP contribution in [0.15, 0.2) is 30.3 Å². The number of ether oxygens (including phenoxy) is 3. The third-order valence-corrected chi connectivity index (χ3v) is 4.31. The second-order valence-electron chi connectivity index (χ2n) is 6.42. The fourth-order valence-corrected chi connectivity index (χ4v) is 2.81. The van der Waals surface area contributed by atoms with Gasteiger partial charge in [-0.25, -0.2) is 4.79 Å². The van der Waals surface area contributed by atoms with Gasteiger partial charge in [-0.3, -0.25) is 4.79 Å². The van der Waals surface area contributed by atoms with E-state index in [1.54, 1.807) is 19.2 Å². The van der Waals surface area contributed by atoms with Crippen LogP contribution in [-0.4, -0.2) is 33.2 Å². The number of carbonyl (C=O) groups is 2. The summed E-state index contributed by atoms with van der Waals surface area (Å²) in [5, 5.41) is 2.83. The van der Waals surface area contributed by atoms with Crippen LogP contribution < -0.4 is 14.8 Å². The second kappa shape index (κ2) is 8.58. The number of amides is 1. The summed E-state index contributed by atoms with van der Waals surface area (Å²) in [4.78, 5) is 24.7. The van der Waals surface area contributed by atoms with Crippen molar-refractivity contribution >= 4 is 17.6 Å². The van der Waals surface area contributed by atoms with E-state index < -0.39 is 5.97 Å². The molecule has 0 saturated carbocycles. The molecular weight excluding hydrogens is 346 g/mol. The maximum Gasteiger partial charge on any atom is 0.337 e. The summed E-state index contributed by atoms with van der Waals surface area (Å²) in [5.41, 5.74) is 2.99. The molecule has 0 heterocycles. The summed E-state index contributed by atoms with van der Waals surface area (Å²) >= 11 is 0. The fourth-order valence-electron chi connectivity index (χ4n) is 2.81. The van der Waals surface area contributed by atoms with Gasteiger partial charge in [0.25, 0.3) is 5.91 Å². The van der Waals surface area contributed by atoms with Crippen LogP contribution in [0.4, 0.5) is 5.69 Å². The minimum atomic E-state index is -0.490. The molecule has 0 radical (unpaired) electrons. The van der Waals surface area contributed by atoms with Gasteiger partial charge < -0.3 is 19.5 Å². The van der Waals surface area contributed by atoms with Crippen LogP contribution in [0.3, 0.4) is 0 Å². The zero-order valence-electron chi connectivity index (χ0n) is 16.5. The van der Waals surface area contributed by atoms with E-state index >= 15 is 0 Å². The topological polar surface area (TPSA) is 73.9 Å². The minimum absolute atomic E-state index is 0.198. The Morgan fingerprint density at radius 2 is 1.63 bits per heavy atom. The van der Waals surface area contributed by atoms with Crippen molar-refractivity contribution in [2.45, 2.75) is 26.7 Å². The van der Waals surface area contributed by atoms with E-state index in [-0.39, 0.29) is 11.8 Å². The summed E-state index contributed by atoms with van der Waals surface area (Å²) in [6.45, 7) is 5.93. The van der Waals surface area contributed by atoms with Crippen molar-refractivity contribution < 1.29 is 23.8 Å². The quantitative estimate of drug-likeness (QED) is 0.771. The monoisotopic (exact) mass is 371 g/mol. The zero-order valence-corrected chi connectivity index (χ0v) is 16.5. The van der Waals surface area contributed by atoms with Crippen molar-refractivity contribution in [3.8, 4) is 11.5 Å². The number of methoxy groups -OCH3 is 3. The maximum absolute atomic E-state index is 12.9. The first-order valence-corrected chi connectivity index (χ1v) is 8.58. The molecule has 2 rings (SSSR count). The van der Waals surface area contributed by atoms with Crippen molar-refractivity contribution in [2.75, 3.05) is 26.6 Å². The predicted octanol–water partition coefficient (Wildman–Crippen LogP) is 4.17. The van der Waals surface area contributed by atoms with E-state index in [0.29, 0.717) is 22.6 Å². The second-order valence-corrected chi connectivity index (χ2v) is 6.42. The molecule has 1 N–H and O–H groups in total. The highest BCUT2D eigenvalue weighted by Gasteiger charge is 2.18. The van der Waals surface area contributed by atoms with Crippen LogP contribution >= 0.6 is 0 Å². The van der Waals surface area contributed by atoms with Gasteiger partial charge in [-0.1, -0.05) is 13.8 Å². The molecule has 0 spiro atoms. The lowest BCUT2D eigenvalue weighted by molar-refractivity contribution is 0.0600. The van der Waals surface area contributed by atoms with Crippen LogP contribution in [0, 0.1) is 6.92 Å². The summed E-state index contributed by atoms with van der Waals surface area (Å²) in [6.07, 6.45) is 0. The van der Waals surface area contributed by atoms with Gasteiger partial charge in [0.1, 0.15) is 11.5 Å². The maximum atomic E-state index is 12.9. The number of benzene rings is 2. The molecule has 2 aromatic rings. The van der Waals surface area contributed by atoms with Gasteiger partial charge in [0.05, 0.1) is 32.6 Å². The first-order valence-electron chi connectivity index (χ1n) is 8.58. The number of hydrogen-bond acceptors (Lipinski definition) is 5. The number of aryl methyl sites for hydroxylation is 1. The third-order valence-electron chi connectivity index (χ3n) is 4.31. The summed E-state index contributed by atoms with van der Waals surface area (Å²) < 4.78 is 15.5. The number of anilines is 1. The SMILES string of the molecule is COC(=O)c1ccc(OC)c(NC(=O)c2cc(C(C)C)c(OC)cc2C)c1. The molecule has 0 aliphatic heterocycles. The van der Waals surface area contributed by atoms with Crippen molar-refractivity contribution in [2.24, 2.45) is 0 Å². The van der Waals surface area contributed by atoms with E-state index in [2.05, 4.69) is 5.32 Å². The molecule has 0 bridgehead atoms. The molecular formula is C21H25NO5. The standard InChI is InChI=1S/C21H25NO5/c1-12(2)15-11-16(13(3)9-19(15)26-5)20(23)22-17-10-14(21(24)27-6)7-8-18(17)25-4/h7-12H,1-6H3,(H,22,23). The van der Waals surface area contributed by atoms with E-state index in [9.17, 15) is 9.59 Å². The summed E-state index contributed by atoms with van der Waals surface area (Å²) in [5.74, 6) is 0.619. The van der Waals surface area contributed by atoms with Gasteiger partial charge >= 0.3 is 5.97 Å². The molecule has 27 heavy (non-hydrogen) atoms. The molecule has 0 aromatic heterocycles. The number of rotatable bonds is 6. The number of carbonyl (C=O) groups excluding carboxylic acids is 2.